The zero-order valence-corrected chi connectivity index (χ0v) is 7.73. The summed E-state index contributed by atoms with van der Waals surface area (Å²) in [7, 11) is 0. The number of carbonyl (C=O) groups is 2. The van der Waals surface area contributed by atoms with E-state index in [1.807, 2.05) is 0 Å². The van der Waals surface area contributed by atoms with Crippen LogP contribution in [-0.4, -0.2) is 28.7 Å². The molecule has 0 saturated carbocycles. The maximum absolute atomic E-state index is 11.0. The molecule has 0 unspecified atom stereocenters. The third kappa shape index (κ3) is 2.54. The summed E-state index contributed by atoms with van der Waals surface area (Å²) in [5, 5.41) is 9.03. The Hall–Kier alpha value is -1.92. The Morgan fingerprint density at radius 2 is 2.21 bits per heavy atom. The number of hydrogen-bond acceptors (Lipinski definition) is 6. The van der Waals surface area contributed by atoms with E-state index in [9.17, 15) is 9.59 Å². The Labute approximate surface area is 79.4 Å². The summed E-state index contributed by atoms with van der Waals surface area (Å²) in [6, 6.07) is -0.124. The van der Waals surface area contributed by atoms with Gasteiger partial charge in [0.15, 0.2) is 0 Å². The predicted octanol–water partition coefficient (Wildman–Crippen LogP) is -0.120. The molecule has 1 heterocycles. The lowest BCUT2D eigenvalue weighted by atomic mass is 10.6. The molecule has 0 aromatic carbocycles. The Kier molecular flexibility index (Phi) is 3.16. The van der Waals surface area contributed by atoms with Crippen molar-refractivity contribution < 1.29 is 18.7 Å². The molecule has 1 N–H and O–H groups in total. The molecule has 1 aromatic heterocycles. The largest absolute Gasteiger partial charge is 0.459 e. The molecule has 1 amide bonds. The smallest absolute Gasteiger partial charge is 0.397 e. The van der Waals surface area contributed by atoms with Crippen LogP contribution in [-0.2, 0) is 14.3 Å². The number of amides is 1. The van der Waals surface area contributed by atoms with E-state index in [0.29, 0.717) is 5.89 Å². The van der Waals surface area contributed by atoms with Crippen molar-refractivity contribution in [3.63, 3.8) is 0 Å². The van der Waals surface area contributed by atoms with E-state index in [1.165, 1.54) is 0 Å². The summed E-state index contributed by atoms with van der Waals surface area (Å²) in [4.78, 5) is 21.8. The van der Waals surface area contributed by atoms with E-state index < -0.39 is 11.9 Å². The molecule has 1 rings (SSSR count). The number of aromatic nitrogens is 2. The monoisotopic (exact) mass is 199 g/mol. The molecule has 76 valence electrons. The summed E-state index contributed by atoms with van der Waals surface area (Å²) in [6.45, 7) is 3.30. The van der Waals surface area contributed by atoms with Crippen LogP contribution >= 0.6 is 0 Å². The average Bonchev–Trinajstić information content (AvgIpc) is 2.51. The molecular weight excluding hydrogens is 190 g/mol. The van der Waals surface area contributed by atoms with Crippen LogP contribution in [0.15, 0.2) is 4.42 Å². The minimum absolute atomic E-state index is 0.124. The van der Waals surface area contributed by atoms with Crippen molar-refractivity contribution in [3.8, 4) is 0 Å². The van der Waals surface area contributed by atoms with Gasteiger partial charge in [0.05, 0.1) is 6.61 Å². The molecular formula is C7H9N3O4. The molecule has 0 radical (unpaired) electrons. The van der Waals surface area contributed by atoms with Crippen LogP contribution in [0.5, 0.6) is 0 Å². The van der Waals surface area contributed by atoms with Crippen molar-refractivity contribution in [2.45, 2.75) is 13.8 Å². The Balaban J connectivity index is 2.53. The topological polar surface area (TPSA) is 94.3 Å². The number of ether oxygens (including phenoxy) is 1. The van der Waals surface area contributed by atoms with Gasteiger partial charge in [-0.2, -0.15) is 0 Å². The summed E-state index contributed by atoms with van der Waals surface area (Å²) in [5.41, 5.74) is 0. The highest BCUT2D eigenvalue weighted by molar-refractivity contribution is 6.37. The molecule has 0 aliphatic carbocycles. The van der Waals surface area contributed by atoms with E-state index in [0.717, 1.165) is 0 Å². The highest BCUT2D eigenvalue weighted by Gasteiger charge is 2.17. The second-order valence-corrected chi connectivity index (χ2v) is 2.30. The molecule has 0 aliphatic heterocycles. The molecule has 1 aromatic rings. The molecule has 0 saturated heterocycles. The van der Waals surface area contributed by atoms with Gasteiger partial charge in [-0.3, -0.25) is 10.1 Å². The maximum Gasteiger partial charge on any atom is 0.397 e. The van der Waals surface area contributed by atoms with Gasteiger partial charge in [0, 0.05) is 6.92 Å². The standard InChI is InChI=1S/C7H9N3O4/c1-3-13-6(12)5(11)8-7-10-9-4(2)14-7/h3H2,1-2H3,(H,8,10,11). The fourth-order valence-corrected chi connectivity index (χ4v) is 0.692. The van der Waals surface area contributed by atoms with Crippen molar-refractivity contribution in [1.82, 2.24) is 10.2 Å². The van der Waals surface area contributed by atoms with Crippen LogP contribution in [0.25, 0.3) is 0 Å². The lowest BCUT2D eigenvalue weighted by Gasteiger charge is -1.98. The first-order valence-corrected chi connectivity index (χ1v) is 3.91. The quantitative estimate of drug-likeness (QED) is 0.527. The van der Waals surface area contributed by atoms with Gasteiger partial charge in [0.1, 0.15) is 0 Å². The molecule has 0 spiro atoms. The first kappa shape index (κ1) is 10.2. The third-order valence-electron chi connectivity index (χ3n) is 1.21. The minimum Gasteiger partial charge on any atom is -0.459 e. The number of aryl methyl sites for hydroxylation is 1. The first-order chi connectivity index (χ1) is 6.63. The summed E-state index contributed by atoms with van der Waals surface area (Å²) >= 11 is 0. The maximum atomic E-state index is 11.0. The van der Waals surface area contributed by atoms with Crippen molar-refractivity contribution in [2.24, 2.45) is 0 Å². The van der Waals surface area contributed by atoms with Crippen LogP contribution < -0.4 is 5.32 Å². The van der Waals surface area contributed by atoms with E-state index in [2.05, 4.69) is 20.3 Å². The van der Waals surface area contributed by atoms with E-state index >= 15 is 0 Å². The fraction of sp³-hybridized carbons (Fsp3) is 0.429. The van der Waals surface area contributed by atoms with Crippen LogP contribution in [0.4, 0.5) is 6.01 Å². The van der Waals surface area contributed by atoms with Gasteiger partial charge in [0.2, 0.25) is 5.89 Å². The summed E-state index contributed by atoms with van der Waals surface area (Å²) < 4.78 is 9.26. The van der Waals surface area contributed by atoms with E-state index in [4.69, 9.17) is 4.42 Å². The minimum atomic E-state index is -0.983. The Morgan fingerprint density at radius 3 is 2.71 bits per heavy atom. The zero-order chi connectivity index (χ0) is 10.6. The van der Waals surface area contributed by atoms with Crippen molar-refractivity contribution in [3.05, 3.63) is 5.89 Å². The second kappa shape index (κ2) is 4.35. The van der Waals surface area contributed by atoms with Gasteiger partial charge < -0.3 is 9.15 Å². The number of nitrogens with zero attached hydrogens (tertiary/aromatic N) is 2. The van der Waals surface area contributed by atoms with Crippen molar-refractivity contribution >= 4 is 17.9 Å². The van der Waals surface area contributed by atoms with Gasteiger partial charge >= 0.3 is 17.9 Å². The Morgan fingerprint density at radius 1 is 1.50 bits per heavy atom. The van der Waals surface area contributed by atoms with Gasteiger partial charge in [-0.05, 0) is 6.92 Å². The number of rotatable bonds is 2. The normalized spacial score (nSPS) is 9.57. The Bertz CT molecular complexity index is 346. The highest BCUT2D eigenvalue weighted by atomic mass is 16.5. The first-order valence-electron chi connectivity index (χ1n) is 3.91. The number of nitrogens with one attached hydrogen (secondary N) is 1. The highest BCUT2D eigenvalue weighted by Crippen LogP contribution is 2.03. The van der Waals surface area contributed by atoms with Gasteiger partial charge in [0.25, 0.3) is 0 Å². The lowest BCUT2D eigenvalue weighted by molar-refractivity contribution is -0.152. The van der Waals surface area contributed by atoms with Crippen molar-refractivity contribution in [1.29, 1.82) is 0 Å². The summed E-state index contributed by atoms with van der Waals surface area (Å²) in [5.74, 6) is -1.62. The second-order valence-electron chi connectivity index (χ2n) is 2.30. The molecule has 0 bridgehead atoms. The third-order valence-corrected chi connectivity index (χ3v) is 1.21. The number of anilines is 1. The van der Waals surface area contributed by atoms with Crippen LogP contribution in [0.2, 0.25) is 0 Å². The van der Waals surface area contributed by atoms with E-state index in [-0.39, 0.29) is 12.6 Å². The average molecular weight is 199 g/mol. The lowest BCUT2D eigenvalue weighted by Crippen LogP contribution is -2.25. The molecule has 0 atom stereocenters. The summed E-state index contributed by atoms with van der Waals surface area (Å²) in [6.07, 6.45) is 0. The van der Waals surface area contributed by atoms with Crippen LogP contribution in [0.3, 0.4) is 0 Å². The van der Waals surface area contributed by atoms with Crippen LogP contribution in [0, 0.1) is 6.92 Å². The molecule has 0 fully saturated rings. The molecule has 7 nitrogen and oxygen atoms in total. The molecule has 0 aliphatic rings. The number of esters is 1. The molecule has 7 heteroatoms. The van der Waals surface area contributed by atoms with E-state index in [1.54, 1.807) is 13.8 Å². The molecule has 14 heavy (non-hydrogen) atoms. The predicted molar refractivity (Wildman–Crippen MR) is 44.3 cm³/mol. The van der Waals surface area contributed by atoms with Crippen LogP contribution in [0.1, 0.15) is 12.8 Å². The SMILES string of the molecule is CCOC(=O)C(=O)Nc1nnc(C)o1. The fourth-order valence-electron chi connectivity index (χ4n) is 0.692. The zero-order valence-electron chi connectivity index (χ0n) is 7.73. The van der Waals surface area contributed by atoms with Gasteiger partial charge in [-0.15, -0.1) is 5.10 Å². The van der Waals surface area contributed by atoms with Gasteiger partial charge in [-0.1, -0.05) is 5.10 Å². The van der Waals surface area contributed by atoms with Gasteiger partial charge in [-0.25, -0.2) is 4.79 Å². The number of hydrogen-bond donors (Lipinski definition) is 1. The van der Waals surface area contributed by atoms with Crippen molar-refractivity contribution in [2.75, 3.05) is 11.9 Å². The number of carbonyl (C=O) groups excluding carboxylic acids is 2.